The fourth-order valence-electron chi connectivity index (χ4n) is 7.35. The average molecular weight is 668 g/mol. The minimum Gasteiger partial charge on any atom is -0.457 e. The number of benzene rings is 5. The molecule has 0 N–H and O–H groups in total. The summed E-state index contributed by atoms with van der Waals surface area (Å²) in [5, 5.41) is 0. The standard InChI is InChI=1S/C32H24O.C15H19N.C2H6/c1-4-26-30(5-2)33-31-16-9-8-15-28(31)32(26)27-14-7-6-13-24(27)25-18-17-23(20-29(25)32)22-12-10-11-21(3)19-22;1-4-8-13(9-5-2)12-14-10-6-7-11-15(14)16-3;1-2/h4-20H,1-2H2,3H3;4,6-11H,3,5,12H2,1-2H3;1-2H3/b;8-4-,13-9+;. The van der Waals surface area contributed by atoms with Crippen LogP contribution in [0.5, 0.6) is 5.75 Å². The Labute approximate surface area is 305 Å². The maximum absolute atomic E-state index is 6.32. The van der Waals surface area contributed by atoms with Crippen LogP contribution in [0.4, 0.5) is 5.69 Å². The first-order chi connectivity index (χ1) is 25.0. The monoisotopic (exact) mass is 667 g/mol. The first-order valence-corrected chi connectivity index (χ1v) is 17.9. The zero-order chi connectivity index (χ0) is 36.4. The Morgan fingerprint density at radius 1 is 0.745 bits per heavy atom. The molecule has 0 aromatic heterocycles. The van der Waals surface area contributed by atoms with Crippen molar-refractivity contribution in [3.05, 3.63) is 204 Å². The zero-order valence-electron chi connectivity index (χ0n) is 30.7. The van der Waals surface area contributed by atoms with Crippen molar-refractivity contribution in [1.29, 1.82) is 0 Å². The Hall–Kier alpha value is -5.73. The Kier molecular flexibility index (Phi) is 12.0. The zero-order valence-corrected chi connectivity index (χ0v) is 30.7. The van der Waals surface area contributed by atoms with Crippen molar-refractivity contribution >= 4 is 12.4 Å². The fourth-order valence-corrected chi connectivity index (χ4v) is 7.35. The second-order valence-electron chi connectivity index (χ2n) is 12.4. The average Bonchev–Trinajstić information content (AvgIpc) is 3.46. The number of ether oxygens (including phenoxy) is 1. The van der Waals surface area contributed by atoms with Crippen LogP contribution in [0.25, 0.3) is 22.3 Å². The molecular weight excluding hydrogens is 619 g/mol. The lowest BCUT2D eigenvalue weighted by Gasteiger charge is -2.39. The van der Waals surface area contributed by atoms with Crippen molar-refractivity contribution in [3.8, 4) is 28.0 Å². The van der Waals surface area contributed by atoms with Gasteiger partial charge in [0.1, 0.15) is 11.5 Å². The van der Waals surface area contributed by atoms with E-state index in [0.29, 0.717) is 0 Å². The lowest BCUT2D eigenvalue weighted by Crippen LogP contribution is -2.34. The second kappa shape index (κ2) is 16.8. The summed E-state index contributed by atoms with van der Waals surface area (Å²) in [5.74, 6) is 1.62. The molecule has 2 aliphatic rings. The van der Waals surface area contributed by atoms with E-state index in [9.17, 15) is 0 Å². The Balaban J connectivity index is 0.000000237. The number of hydrogen-bond donors (Lipinski definition) is 0. The summed E-state index contributed by atoms with van der Waals surface area (Å²) >= 11 is 0. The summed E-state index contributed by atoms with van der Waals surface area (Å²) < 4.78 is 6.32. The molecule has 0 bridgehead atoms. The predicted molar refractivity (Wildman–Crippen MR) is 220 cm³/mol. The van der Waals surface area contributed by atoms with Crippen molar-refractivity contribution in [2.45, 2.75) is 52.9 Å². The molecule has 1 spiro atoms. The molecule has 1 unspecified atom stereocenters. The number of aliphatic imine (C=N–C) groups is 1. The maximum Gasteiger partial charge on any atom is 0.132 e. The molecule has 51 heavy (non-hydrogen) atoms. The summed E-state index contributed by atoms with van der Waals surface area (Å²) in [7, 11) is 0. The molecule has 2 nitrogen and oxygen atoms in total. The molecule has 0 radical (unpaired) electrons. The van der Waals surface area contributed by atoms with Gasteiger partial charge in [0.05, 0.1) is 11.1 Å². The van der Waals surface area contributed by atoms with E-state index in [-0.39, 0.29) is 0 Å². The SMILES string of the molecule is C=CC1=C(C=C)C2(c3ccccc3O1)c1ccccc1-c1ccc(-c3cccc(C)c3)cc12.C=Nc1ccccc1CC(/C=C\C)=C/CC.CC. The quantitative estimate of drug-likeness (QED) is 0.119. The number of nitrogens with zero attached hydrogens (tertiary/aromatic N) is 1. The van der Waals surface area contributed by atoms with Gasteiger partial charge in [-0.25, -0.2) is 0 Å². The van der Waals surface area contributed by atoms with Gasteiger partial charge in [0.2, 0.25) is 0 Å². The molecular formula is C49H49NO. The topological polar surface area (TPSA) is 21.6 Å². The third-order valence-corrected chi connectivity index (χ3v) is 9.37. The number of para-hydroxylation sites is 2. The molecule has 256 valence electrons. The molecule has 0 saturated heterocycles. The number of rotatable bonds is 8. The molecule has 1 heterocycles. The van der Waals surface area contributed by atoms with E-state index in [1.807, 2.05) is 57.2 Å². The first-order valence-electron chi connectivity index (χ1n) is 17.9. The van der Waals surface area contributed by atoms with E-state index in [1.54, 1.807) is 6.08 Å². The molecule has 0 amide bonds. The van der Waals surface area contributed by atoms with Crippen molar-refractivity contribution < 1.29 is 4.74 Å². The molecule has 1 atom stereocenters. The molecule has 5 aromatic rings. The van der Waals surface area contributed by atoms with Crippen molar-refractivity contribution in [2.24, 2.45) is 4.99 Å². The van der Waals surface area contributed by atoms with Gasteiger partial charge in [0, 0.05) is 11.1 Å². The van der Waals surface area contributed by atoms with Gasteiger partial charge in [-0.2, -0.15) is 0 Å². The first kappa shape index (κ1) is 36.5. The number of fused-ring (bicyclic) bond motifs is 7. The van der Waals surface area contributed by atoms with E-state index >= 15 is 0 Å². The molecule has 0 saturated carbocycles. The molecule has 1 aliphatic carbocycles. The van der Waals surface area contributed by atoms with Gasteiger partial charge < -0.3 is 4.74 Å². The van der Waals surface area contributed by atoms with E-state index < -0.39 is 5.41 Å². The smallest absolute Gasteiger partial charge is 0.132 e. The summed E-state index contributed by atoms with van der Waals surface area (Å²) in [6.07, 6.45) is 12.2. The molecule has 5 aromatic carbocycles. The van der Waals surface area contributed by atoms with Crippen LogP contribution in [0.15, 0.2) is 181 Å². The van der Waals surface area contributed by atoms with Crippen LogP contribution < -0.4 is 4.74 Å². The summed E-state index contributed by atoms with van der Waals surface area (Å²) in [5.41, 5.74) is 13.9. The lowest BCUT2D eigenvalue weighted by atomic mass is 9.65. The molecule has 2 heteroatoms. The predicted octanol–water partition coefficient (Wildman–Crippen LogP) is 13.5. The molecule has 7 rings (SSSR count). The third kappa shape index (κ3) is 7.00. The van der Waals surface area contributed by atoms with Crippen LogP contribution in [0, 0.1) is 6.92 Å². The summed E-state index contributed by atoms with van der Waals surface area (Å²) in [6.45, 7) is 22.2. The highest BCUT2D eigenvalue weighted by Gasteiger charge is 2.51. The van der Waals surface area contributed by atoms with Gasteiger partial charge in [0.15, 0.2) is 0 Å². The maximum atomic E-state index is 6.32. The fraction of sp³-hybridized carbons (Fsp3) is 0.163. The summed E-state index contributed by atoms with van der Waals surface area (Å²) in [4.78, 5) is 4.04. The van der Waals surface area contributed by atoms with Gasteiger partial charge in [0.25, 0.3) is 0 Å². The highest BCUT2D eigenvalue weighted by Crippen LogP contribution is 2.61. The number of allylic oxidation sites excluding steroid dienone is 7. The van der Waals surface area contributed by atoms with Crippen molar-refractivity contribution in [1.82, 2.24) is 0 Å². The van der Waals surface area contributed by atoms with Crippen LogP contribution in [0.3, 0.4) is 0 Å². The van der Waals surface area contributed by atoms with Gasteiger partial charge in [-0.1, -0.05) is 161 Å². The van der Waals surface area contributed by atoms with Gasteiger partial charge in [-0.15, -0.1) is 0 Å². The summed E-state index contributed by atoms with van der Waals surface area (Å²) in [6, 6.07) is 40.8. The largest absolute Gasteiger partial charge is 0.457 e. The van der Waals surface area contributed by atoms with Gasteiger partial charge in [-0.3, -0.25) is 4.99 Å². The lowest BCUT2D eigenvalue weighted by molar-refractivity contribution is 0.403. The minimum atomic E-state index is -0.508. The van der Waals surface area contributed by atoms with Crippen LogP contribution in [-0.2, 0) is 11.8 Å². The number of hydrogen-bond acceptors (Lipinski definition) is 2. The van der Waals surface area contributed by atoms with E-state index in [2.05, 4.69) is 142 Å². The minimum absolute atomic E-state index is 0.508. The van der Waals surface area contributed by atoms with Gasteiger partial charge in [-0.05, 0) is 102 Å². The van der Waals surface area contributed by atoms with E-state index in [1.165, 1.54) is 50.1 Å². The highest BCUT2D eigenvalue weighted by atomic mass is 16.5. The van der Waals surface area contributed by atoms with E-state index in [0.717, 1.165) is 41.2 Å². The third-order valence-electron chi connectivity index (χ3n) is 9.37. The van der Waals surface area contributed by atoms with E-state index in [4.69, 9.17) is 4.74 Å². The normalized spacial score (nSPS) is 15.4. The Bertz CT molecular complexity index is 2140. The van der Waals surface area contributed by atoms with Crippen LogP contribution >= 0.6 is 0 Å². The Morgan fingerprint density at radius 2 is 1.43 bits per heavy atom. The van der Waals surface area contributed by atoms with Crippen molar-refractivity contribution in [2.75, 3.05) is 0 Å². The van der Waals surface area contributed by atoms with Gasteiger partial charge >= 0.3 is 0 Å². The van der Waals surface area contributed by atoms with Crippen molar-refractivity contribution in [3.63, 3.8) is 0 Å². The second-order valence-corrected chi connectivity index (χ2v) is 12.4. The Morgan fingerprint density at radius 3 is 2.14 bits per heavy atom. The molecule has 0 fully saturated rings. The number of aryl methyl sites for hydroxylation is 1. The molecule has 1 aliphatic heterocycles. The van der Waals surface area contributed by atoms with Crippen LogP contribution in [0.1, 0.15) is 61.9 Å². The highest BCUT2D eigenvalue weighted by molar-refractivity contribution is 5.90. The van der Waals surface area contributed by atoms with Crippen LogP contribution in [0.2, 0.25) is 0 Å². The van der Waals surface area contributed by atoms with Crippen LogP contribution in [-0.4, -0.2) is 6.72 Å².